The van der Waals surface area contributed by atoms with E-state index < -0.39 is 5.82 Å². The van der Waals surface area contributed by atoms with E-state index in [0.717, 1.165) is 48.1 Å². The third-order valence-electron chi connectivity index (χ3n) is 9.06. The van der Waals surface area contributed by atoms with Gasteiger partial charge in [0.2, 0.25) is 0 Å². The number of nitrogens with one attached hydrogen (secondary N) is 1. The molecule has 3 fully saturated rings. The van der Waals surface area contributed by atoms with Crippen molar-refractivity contribution < 1.29 is 13.9 Å². The molecule has 0 radical (unpaired) electrons. The molecule has 2 atom stereocenters. The molecule has 0 amide bonds. The topological polar surface area (TPSA) is 86.3 Å². The molecule has 0 saturated heterocycles. The number of aromatic nitrogens is 5. The van der Waals surface area contributed by atoms with Gasteiger partial charge in [0.05, 0.1) is 24.4 Å². The highest BCUT2D eigenvalue weighted by molar-refractivity contribution is 5.94. The lowest BCUT2D eigenvalue weighted by Gasteiger charge is -2.47. The van der Waals surface area contributed by atoms with Crippen LogP contribution in [0.1, 0.15) is 43.9 Å². The smallest absolute Gasteiger partial charge is 0.311 e. The zero-order valence-electron chi connectivity index (χ0n) is 23.8. The molecular formula is C33H33FN6O2. The van der Waals surface area contributed by atoms with E-state index in [1.165, 1.54) is 12.3 Å². The van der Waals surface area contributed by atoms with Crippen molar-refractivity contribution in [1.29, 1.82) is 0 Å². The largest absolute Gasteiger partial charge is 0.466 e. The number of hydrogen-bond acceptors (Lipinski definition) is 6. The van der Waals surface area contributed by atoms with Crippen LogP contribution in [0.3, 0.4) is 0 Å². The van der Waals surface area contributed by atoms with Crippen LogP contribution in [0.4, 0.5) is 10.2 Å². The van der Waals surface area contributed by atoms with Crippen LogP contribution in [0.15, 0.2) is 61.4 Å². The number of pyridine rings is 1. The number of nitrogens with zero attached hydrogens (tertiary/aromatic N) is 5. The predicted octanol–water partition coefficient (Wildman–Crippen LogP) is 6.61. The maximum Gasteiger partial charge on any atom is 0.311 e. The summed E-state index contributed by atoms with van der Waals surface area (Å²) in [6.07, 6.45) is 9.12. The van der Waals surface area contributed by atoms with E-state index in [0.29, 0.717) is 46.7 Å². The molecule has 3 aliphatic carbocycles. The first-order valence-electron chi connectivity index (χ1n) is 14.6. The average Bonchev–Trinajstić information content (AvgIpc) is 3.59. The number of para-hydroxylation sites is 1. The summed E-state index contributed by atoms with van der Waals surface area (Å²) in [4.78, 5) is 22.7. The van der Waals surface area contributed by atoms with Crippen LogP contribution >= 0.6 is 0 Å². The summed E-state index contributed by atoms with van der Waals surface area (Å²) in [5.74, 6) is 0.877. The van der Waals surface area contributed by atoms with Gasteiger partial charge < -0.3 is 14.6 Å². The summed E-state index contributed by atoms with van der Waals surface area (Å²) in [6, 6.07) is 13.3. The van der Waals surface area contributed by atoms with Gasteiger partial charge in [-0.05, 0) is 87.3 Å². The highest BCUT2D eigenvalue weighted by Crippen LogP contribution is 2.47. The van der Waals surface area contributed by atoms with Crippen LogP contribution < -0.4 is 5.32 Å². The number of carbonyl (C=O) groups is 1. The maximum absolute atomic E-state index is 14.6. The normalized spacial score (nSPS) is 21.6. The summed E-state index contributed by atoms with van der Waals surface area (Å²) in [5.41, 5.74) is 4.85. The van der Waals surface area contributed by atoms with E-state index in [2.05, 4.69) is 16.9 Å². The molecule has 4 heterocycles. The molecule has 9 heteroatoms. The molecule has 0 spiro atoms. The second-order valence-corrected chi connectivity index (χ2v) is 11.4. The van der Waals surface area contributed by atoms with Gasteiger partial charge in [-0.2, -0.15) is 0 Å². The second kappa shape index (κ2) is 10.4. The molecule has 0 unspecified atom stereocenters. The lowest BCUT2D eigenvalue weighted by atomic mass is 9.61. The predicted molar refractivity (Wildman–Crippen MR) is 161 cm³/mol. The minimum Gasteiger partial charge on any atom is -0.466 e. The highest BCUT2D eigenvalue weighted by atomic mass is 19.1. The molecule has 1 aromatic carbocycles. The summed E-state index contributed by atoms with van der Waals surface area (Å²) in [7, 11) is 0. The second-order valence-electron chi connectivity index (χ2n) is 11.4. The Kier molecular flexibility index (Phi) is 6.52. The van der Waals surface area contributed by atoms with Crippen molar-refractivity contribution >= 4 is 34.4 Å². The van der Waals surface area contributed by atoms with Crippen LogP contribution in [0.5, 0.6) is 0 Å². The van der Waals surface area contributed by atoms with Crippen molar-refractivity contribution in [3.05, 3.63) is 78.5 Å². The van der Waals surface area contributed by atoms with E-state index in [1.54, 1.807) is 6.08 Å². The number of halogens is 1. The Bertz CT molecular complexity index is 1830. The quantitative estimate of drug-likeness (QED) is 0.224. The summed E-state index contributed by atoms with van der Waals surface area (Å²) in [5, 5.41) is 9.21. The van der Waals surface area contributed by atoms with E-state index >= 15 is 0 Å². The number of ether oxygens (including phenoxy) is 1. The number of carbonyl (C=O) groups excluding carboxylic acids is 1. The summed E-state index contributed by atoms with van der Waals surface area (Å²) < 4.78 is 23.9. The van der Waals surface area contributed by atoms with E-state index in [9.17, 15) is 9.18 Å². The van der Waals surface area contributed by atoms with E-state index in [1.807, 2.05) is 65.5 Å². The minimum absolute atomic E-state index is 0.0994. The molecular weight excluding hydrogens is 531 g/mol. The number of benzene rings is 1. The van der Waals surface area contributed by atoms with Gasteiger partial charge in [0, 0.05) is 28.9 Å². The van der Waals surface area contributed by atoms with Gasteiger partial charge in [0.15, 0.2) is 11.6 Å². The number of aryl methyl sites for hydroxylation is 1. The molecule has 3 aliphatic rings. The van der Waals surface area contributed by atoms with Gasteiger partial charge in [0.1, 0.15) is 17.0 Å². The van der Waals surface area contributed by atoms with Crippen molar-refractivity contribution in [3.8, 4) is 17.1 Å². The maximum atomic E-state index is 14.6. The molecule has 5 aromatic rings. The van der Waals surface area contributed by atoms with E-state index in [4.69, 9.17) is 14.8 Å². The van der Waals surface area contributed by atoms with Crippen molar-refractivity contribution in [1.82, 2.24) is 24.1 Å². The average molecular weight is 565 g/mol. The van der Waals surface area contributed by atoms with Crippen LogP contribution in [-0.2, 0) is 9.53 Å². The summed E-state index contributed by atoms with van der Waals surface area (Å²) >= 11 is 0. The molecule has 2 bridgehead atoms. The lowest BCUT2D eigenvalue weighted by Crippen LogP contribution is -2.52. The Morgan fingerprint density at radius 1 is 1.17 bits per heavy atom. The number of esters is 1. The number of anilines is 1. The standard InChI is InChI=1S/C33H33FN6O2/c1-4-23-14-15-27-31(36-29-21-12-10-20(11-13-21)28(29)33(41)42-5-2)37-30(38-40(23)27)25-18-39(26-9-7-6-8-19(26)3)32-24(25)16-22(34)17-35-32/h4,6-9,14-18,20-21,28-29H,1,5,10-13H2,2-3H3,(H,36,37,38)/t20?,21?,28-,29-/m1/s1. The van der Waals surface area contributed by atoms with Crippen molar-refractivity contribution in [2.75, 3.05) is 11.9 Å². The Balaban J connectivity index is 1.40. The first-order valence-corrected chi connectivity index (χ1v) is 14.6. The minimum atomic E-state index is -0.436. The number of hydrogen-bond donors (Lipinski definition) is 1. The van der Waals surface area contributed by atoms with Gasteiger partial charge in [-0.25, -0.2) is 18.9 Å². The fourth-order valence-corrected chi connectivity index (χ4v) is 7.06. The Morgan fingerprint density at radius 3 is 2.71 bits per heavy atom. The first-order chi connectivity index (χ1) is 20.5. The third-order valence-corrected chi connectivity index (χ3v) is 9.06. The molecule has 1 N–H and O–H groups in total. The third kappa shape index (κ3) is 4.26. The van der Waals surface area contributed by atoms with Gasteiger partial charge in [-0.15, -0.1) is 5.10 Å². The van der Waals surface area contributed by atoms with Crippen LogP contribution in [-0.4, -0.2) is 42.8 Å². The fourth-order valence-electron chi connectivity index (χ4n) is 7.06. The van der Waals surface area contributed by atoms with Crippen molar-refractivity contribution in [3.63, 3.8) is 0 Å². The van der Waals surface area contributed by atoms with Crippen molar-refractivity contribution in [2.24, 2.45) is 17.8 Å². The molecule has 42 heavy (non-hydrogen) atoms. The molecule has 214 valence electrons. The molecule has 8 rings (SSSR count). The molecule has 3 saturated carbocycles. The zero-order chi connectivity index (χ0) is 29.0. The van der Waals surface area contributed by atoms with Crippen LogP contribution in [0, 0.1) is 30.5 Å². The van der Waals surface area contributed by atoms with Crippen LogP contribution in [0.2, 0.25) is 0 Å². The fraction of sp³-hybridized carbons (Fsp3) is 0.333. The molecule has 0 aliphatic heterocycles. The van der Waals surface area contributed by atoms with E-state index in [-0.39, 0.29) is 17.9 Å². The Hall–Kier alpha value is -4.53. The van der Waals surface area contributed by atoms with Gasteiger partial charge in [-0.1, -0.05) is 24.8 Å². The summed E-state index contributed by atoms with van der Waals surface area (Å²) in [6.45, 7) is 8.22. The highest BCUT2D eigenvalue weighted by Gasteiger charge is 2.48. The lowest BCUT2D eigenvalue weighted by molar-refractivity contribution is -0.154. The SMILES string of the molecule is C=Cc1ccc2c(N[C@@H]3C4CCC(CC4)[C@H]3C(=O)OCC)nc(-c3cn(-c4ccccc4C)c4ncc(F)cc34)nn12. The Morgan fingerprint density at radius 2 is 1.95 bits per heavy atom. The van der Waals surface area contributed by atoms with Gasteiger partial charge in [0.25, 0.3) is 0 Å². The Labute approximate surface area is 243 Å². The monoisotopic (exact) mass is 564 g/mol. The zero-order valence-corrected chi connectivity index (χ0v) is 23.8. The number of rotatable bonds is 7. The first kappa shape index (κ1) is 26.4. The molecule has 8 nitrogen and oxygen atoms in total. The van der Waals surface area contributed by atoms with Crippen molar-refractivity contribution in [2.45, 2.75) is 45.6 Å². The van der Waals surface area contributed by atoms with Gasteiger partial charge >= 0.3 is 5.97 Å². The number of fused-ring (bicyclic) bond motifs is 5. The van der Waals surface area contributed by atoms with Crippen LogP contribution in [0.25, 0.3) is 39.7 Å². The van der Waals surface area contributed by atoms with Gasteiger partial charge in [-0.3, -0.25) is 4.79 Å². The molecule has 4 aromatic heterocycles.